The number of anilines is 1. The lowest BCUT2D eigenvalue weighted by Crippen LogP contribution is -2.36. The number of hydrogen-bond donors (Lipinski definition) is 0. The number of fused-ring (bicyclic) bond motifs is 1. The SMILES string of the molecule is C=CCN(CC=C)S(=O)(=O)c1ccc(C(=O)N(CCN(C)C)c2nc3ccc(CC)cc3s2)cc1. The lowest BCUT2D eigenvalue weighted by atomic mass is 10.2. The van der Waals surface area contributed by atoms with Crippen molar-refractivity contribution in [2.75, 3.05) is 45.2 Å². The van der Waals surface area contributed by atoms with Gasteiger partial charge in [-0.25, -0.2) is 13.4 Å². The number of amides is 1. The highest BCUT2D eigenvalue weighted by Gasteiger charge is 2.25. The molecule has 1 amide bonds. The number of rotatable bonds is 12. The first-order valence-corrected chi connectivity index (χ1v) is 13.6. The number of nitrogens with zero attached hydrogens (tertiary/aromatic N) is 4. The molecule has 0 aliphatic rings. The molecule has 0 saturated carbocycles. The van der Waals surface area contributed by atoms with E-state index in [-0.39, 0.29) is 23.9 Å². The summed E-state index contributed by atoms with van der Waals surface area (Å²) in [4.78, 5) is 22.1. The van der Waals surface area contributed by atoms with Gasteiger partial charge in [0.15, 0.2) is 5.13 Å². The fourth-order valence-corrected chi connectivity index (χ4v) is 5.94. The molecule has 0 aliphatic carbocycles. The van der Waals surface area contributed by atoms with E-state index in [0.29, 0.717) is 23.8 Å². The lowest BCUT2D eigenvalue weighted by Gasteiger charge is -2.22. The zero-order valence-electron chi connectivity index (χ0n) is 20.5. The predicted octanol–water partition coefficient (Wildman–Crippen LogP) is 4.43. The fourth-order valence-electron chi connectivity index (χ4n) is 3.51. The molecule has 0 aliphatic heterocycles. The third-order valence-electron chi connectivity index (χ3n) is 5.50. The maximum absolute atomic E-state index is 13.5. The summed E-state index contributed by atoms with van der Waals surface area (Å²) in [6.07, 6.45) is 3.99. The minimum absolute atomic E-state index is 0.115. The Morgan fingerprint density at radius 2 is 1.69 bits per heavy atom. The van der Waals surface area contributed by atoms with E-state index in [4.69, 9.17) is 4.98 Å². The van der Waals surface area contributed by atoms with Gasteiger partial charge in [-0.05, 0) is 62.5 Å². The summed E-state index contributed by atoms with van der Waals surface area (Å²) >= 11 is 1.49. The molecule has 1 aromatic heterocycles. The Bertz CT molecular complexity index is 1290. The minimum atomic E-state index is -3.74. The molecular formula is C26H32N4O3S2. The molecule has 3 aromatic rings. The Morgan fingerprint density at radius 3 is 2.26 bits per heavy atom. The average molecular weight is 513 g/mol. The number of sulfonamides is 1. The number of benzene rings is 2. The van der Waals surface area contributed by atoms with Gasteiger partial charge >= 0.3 is 0 Å². The van der Waals surface area contributed by atoms with Crippen LogP contribution in [0.3, 0.4) is 0 Å². The number of aryl methyl sites for hydroxylation is 1. The number of thiazole rings is 1. The van der Waals surface area contributed by atoms with E-state index in [0.717, 1.165) is 16.6 Å². The molecule has 0 radical (unpaired) electrons. The van der Waals surface area contributed by atoms with Crippen LogP contribution in [0.1, 0.15) is 22.8 Å². The van der Waals surface area contributed by atoms with Crippen molar-refractivity contribution in [3.05, 3.63) is 78.9 Å². The van der Waals surface area contributed by atoms with Gasteiger partial charge in [0, 0.05) is 31.7 Å². The lowest BCUT2D eigenvalue weighted by molar-refractivity contribution is 0.0985. The molecule has 35 heavy (non-hydrogen) atoms. The second-order valence-electron chi connectivity index (χ2n) is 8.34. The van der Waals surface area contributed by atoms with Crippen molar-refractivity contribution in [2.24, 2.45) is 0 Å². The van der Waals surface area contributed by atoms with Gasteiger partial charge in [0.2, 0.25) is 10.0 Å². The van der Waals surface area contributed by atoms with Gasteiger partial charge in [-0.15, -0.1) is 13.2 Å². The Labute approximate surface area is 212 Å². The first kappa shape index (κ1) is 26.7. The van der Waals surface area contributed by atoms with Gasteiger partial charge in [-0.1, -0.05) is 36.5 Å². The Balaban J connectivity index is 1.93. The Kier molecular flexibility index (Phi) is 8.96. The maximum atomic E-state index is 13.5. The molecule has 0 spiro atoms. The van der Waals surface area contributed by atoms with E-state index in [1.807, 2.05) is 25.1 Å². The summed E-state index contributed by atoms with van der Waals surface area (Å²) in [6.45, 7) is 10.8. The van der Waals surface area contributed by atoms with E-state index in [1.54, 1.807) is 17.0 Å². The number of hydrogen-bond acceptors (Lipinski definition) is 6. The highest BCUT2D eigenvalue weighted by atomic mass is 32.2. The van der Waals surface area contributed by atoms with Crippen LogP contribution in [0.5, 0.6) is 0 Å². The van der Waals surface area contributed by atoms with E-state index in [9.17, 15) is 13.2 Å². The summed E-state index contributed by atoms with van der Waals surface area (Å²) in [6, 6.07) is 12.2. The number of carbonyl (C=O) groups excluding carboxylic acids is 1. The number of carbonyl (C=O) groups is 1. The summed E-state index contributed by atoms with van der Waals surface area (Å²) in [7, 11) is 0.165. The maximum Gasteiger partial charge on any atom is 0.260 e. The van der Waals surface area contributed by atoms with E-state index in [1.165, 1.54) is 45.5 Å². The summed E-state index contributed by atoms with van der Waals surface area (Å²) in [5, 5.41) is 0.625. The van der Waals surface area contributed by atoms with E-state index < -0.39 is 10.0 Å². The second kappa shape index (κ2) is 11.7. The van der Waals surface area contributed by atoms with Crippen LogP contribution in [0.25, 0.3) is 10.2 Å². The van der Waals surface area contributed by atoms with Crippen LogP contribution < -0.4 is 4.90 Å². The number of likely N-dealkylation sites (N-methyl/N-ethyl adjacent to an activating group) is 1. The Morgan fingerprint density at radius 1 is 1.03 bits per heavy atom. The molecule has 0 saturated heterocycles. The summed E-state index contributed by atoms with van der Waals surface area (Å²) in [5.74, 6) is -0.223. The van der Waals surface area contributed by atoms with Crippen molar-refractivity contribution in [1.29, 1.82) is 0 Å². The first-order chi connectivity index (χ1) is 16.7. The highest BCUT2D eigenvalue weighted by molar-refractivity contribution is 7.89. The number of aromatic nitrogens is 1. The van der Waals surface area contributed by atoms with Crippen molar-refractivity contribution in [2.45, 2.75) is 18.2 Å². The van der Waals surface area contributed by atoms with Gasteiger partial charge in [0.25, 0.3) is 5.91 Å². The zero-order valence-corrected chi connectivity index (χ0v) is 22.1. The van der Waals surface area contributed by atoms with Crippen molar-refractivity contribution in [3.63, 3.8) is 0 Å². The summed E-state index contributed by atoms with van der Waals surface area (Å²) < 4.78 is 28.3. The molecule has 9 heteroatoms. The molecule has 7 nitrogen and oxygen atoms in total. The van der Waals surface area contributed by atoms with Gasteiger partial charge in [0.05, 0.1) is 15.1 Å². The van der Waals surface area contributed by atoms with Crippen LogP contribution in [-0.2, 0) is 16.4 Å². The van der Waals surface area contributed by atoms with E-state index in [2.05, 4.69) is 32.2 Å². The first-order valence-electron chi connectivity index (χ1n) is 11.4. The normalized spacial score (nSPS) is 11.8. The molecule has 0 bridgehead atoms. The molecule has 0 N–H and O–H groups in total. The predicted molar refractivity (Wildman–Crippen MR) is 145 cm³/mol. The monoisotopic (exact) mass is 512 g/mol. The van der Waals surface area contributed by atoms with Crippen molar-refractivity contribution < 1.29 is 13.2 Å². The van der Waals surface area contributed by atoms with Crippen LogP contribution in [0.4, 0.5) is 5.13 Å². The largest absolute Gasteiger partial charge is 0.308 e. The highest BCUT2D eigenvalue weighted by Crippen LogP contribution is 2.31. The molecule has 0 fully saturated rings. The minimum Gasteiger partial charge on any atom is -0.308 e. The summed E-state index contributed by atoms with van der Waals surface area (Å²) in [5.41, 5.74) is 2.48. The third kappa shape index (κ3) is 6.24. The molecule has 1 heterocycles. The van der Waals surface area contributed by atoms with Crippen molar-refractivity contribution >= 4 is 42.6 Å². The van der Waals surface area contributed by atoms with Crippen LogP contribution >= 0.6 is 11.3 Å². The molecule has 2 aromatic carbocycles. The van der Waals surface area contributed by atoms with Gasteiger partial charge in [-0.3, -0.25) is 9.69 Å². The topological polar surface area (TPSA) is 73.8 Å². The molecule has 0 unspecified atom stereocenters. The van der Waals surface area contributed by atoms with Gasteiger partial charge < -0.3 is 4.90 Å². The average Bonchev–Trinajstić information content (AvgIpc) is 3.26. The van der Waals surface area contributed by atoms with Crippen molar-refractivity contribution in [1.82, 2.24) is 14.2 Å². The van der Waals surface area contributed by atoms with Gasteiger partial charge in [-0.2, -0.15) is 4.31 Å². The quantitative estimate of drug-likeness (QED) is 0.336. The fraction of sp³-hybridized carbons (Fsp3) is 0.308. The van der Waals surface area contributed by atoms with Crippen LogP contribution in [0.15, 0.2) is 72.7 Å². The molecule has 186 valence electrons. The third-order valence-corrected chi connectivity index (χ3v) is 8.39. The molecule has 0 atom stereocenters. The Hall–Kier alpha value is -2.85. The van der Waals surface area contributed by atoms with Crippen LogP contribution in [0, 0.1) is 0 Å². The van der Waals surface area contributed by atoms with Crippen molar-refractivity contribution in [3.8, 4) is 0 Å². The zero-order chi connectivity index (χ0) is 25.6. The van der Waals surface area contributed by atoms with Crippen LogP contribution in [0.2, 0.25) is 0 Å². The van der Waals surface area contributed by atoms with E-state index >= 15 is 0 Å². The molecule has 3 rings (SSSR count). The molecular weight excluding hydrogens is 480 g/mol. The standard InChI is InChI=1S/C26H32N4O3S2/c1-6-15-29(16-7-2)35(32,33)22-12-10-21(11-13-22)25(31)30(18-17-28(4)5)26-27-23-14-9-20(8-3)19-24(23)34-26/h6-7,9-14,19H,1-2,8,15-18H2,3-5H3. The smallest absolute Gasteiger partial charge is 0.260 e. The second-order valence-corrected chi connectivity index (χ2v) is 11.3. The van der Waals surface area contributed by atoms with Crippen LogP contribution in [-0.4, -0.2) is 68.8 Å². The van der Waals surface area contributed by atoms with Gasteiger partial charge in [0.1, 0.15) is 0 Å².